The third kappa shape index (κ3) is 4.49. The van der Waals surface area contributed by atoms with Gasteiger partial charge in [-0.15, -0.1) is 0 Å². The van der Waals surface area contributed by atoms with Gasteiger partial charge in [-0.1, -0.05) is 45.0 Å². The third-order valence-corrected chi connectivity index (χ3v) is 3.11. The van der Waals surface area contributed by atoms with Gasteiger partial charge in [0, 0.05) is 12.6 Å². The highest BCUT2D eigenvalue weighted by atomic mass is 16.3. The van der Waals surface area contributed by atoms with Crippen molar-refractivity contribution in [1.82, 2.24) is 5.32 Å². The number of aliphatic hydroxyl groups excluding tert-OH is 1. The van der Waals surface area contributed by atoms with Crippen molar-refractivity contribution in [2.75, 3.05) is 13.2 Å². The Bertz CT molecular complexity index is 305. The number of aryl methyl sites for hydroxylation is 1. The van der Waals surface area contributed by atoms with E-state index in [0.717, 1.165) is 19.4 Å². The van der Waals surface area contributed by atoms with Crippen molar-refractivity contribution >= 4 is 0 Å². The molecule has 1 rings (SSSR count). The molecule has 0 bridgehead atoms. The first-order chi connectivity index (χ1) is 8.19. The van der Waals surface area contributed by atoms with Crippen LogP contribution in [0.4, 0.5) is 0 Å². The predicted molar refractivity (Wildman–Crippen MR) is 73.1 cm³/mol. The summed E-state index contributed by atoms with van der Waals surface area (Å²) in [4.78, 5) is 0. The largest absolute Gasteiger partial charge is 0.396 e. The molecule has 0 heterocycles. The SMILES string of the molecule is CCc1ccc(C(NCCCO)C(C)C)cc1. The Hall–Kier alpha value is -0.860. The summed E-state index contributed by atoms with van der Waals surface area (Å²) in [6.07, 6.45) is 1.90. The van der Waals surface area contributed by atoms with Crippen molar-refractivity contribution < 1.29 is 5.11 Å². The van der Waals surface area contributed by atoms with Crippen LogP contribution in [0.15, 0.2) is 24.3 Å². The van der Waals surface area contributed by atoms with Gasteiger partial charge in [0.2, 0.25) is 0 Å². The molecule has 0 aromatic heterocycles. The second-order valence-electron chi connectivity index (χ2n) is 4.85. The Balaban J connectivity index is 2.68. The monoisotopic (exact) mass is 235 g/mol. The van der Waals surface area contributed by atoms with Gasteiger partial charge in [0.25, 0.3) is 0 Å². The zero-order chi connectivity index (χ0) is 12.7. The van der Waals surface area contributed by atoms with E-state index in [2.05, 4.69) is 50.4 Å². The lowest BCUT2D eigenvalue weighted by molar-refractivity contribution is 0.279. The van der Waals surface area contributed by atoms with E-state index in [1.54, 1.807) is 0 Å². The van der Waals surface area contributed by atoms with E-state index in [1.165, 1.54) is 11.1 Å². The predicted octanol–water partition coefficient (Wildman–Crippen LogP) is 2.92. The molecule has 0 saturated carbocycles. The highest BCUT2D eigenvalue weighted by Gasteiger charge is 2.14. The molecule has 2 heteroatoms. The van der Waals surface area contributed by atoms with Crippen LogP contribution in [0.5, 0.6) is 0 Å². The molecule has 2 nitrogen and oxygen atoms in total. The Kier molecular flexibility index (Phi) is 6.23. The highest BCUT2D eigenvalue weighted by molar-refractivity contribution is 5.25. The number of hydrogen-bond acceptors (Lipinski definition) is 2. The maximum absolute atomic E-state index is 8.82. The van der Waals surface area contributed by atoms with E-state index in [1.807, 2.05) is 0 Å². The molecule has 1 aromatic carbocycles. The van der Waals surface area contributed by atoms with E-state index in [-0.39, 0.29) is 6.61 Å². The van der Waals surface area contributed by atoms with Crippen molar-refractivity contribution in [2.24, 2.45) is 5.92 Å². The maximum atomic E-state index is 8.82. The minimum absolute atomic E-state index is 0.257. The number of benzene rings is 1. The number of rotatable bonds is 7. The molecule has 1 aromatic rings. The minimum Gasteiger partial charge on any atom is -0.396 e. The van der Waals surface area contributed by atoms with Crippen LogP contribution in [0.2, 0.25) is 0 Å². The zero-order valence-corrected chi connectivity index (χ0v) is 11.2. The van der Waals surface area contributed by atoms with Gasteiger partial charge in [-0.2, -0.15) is 0 Å². The highest BCUT2D eigenvalue weighted by Crippen LogP contribution is 2.22. The first kappa shape index (κ1) is 14.2. The second kappa shape index (κ2) is 7.46. The van der Waals surface area contributed by atoms with Gasteiger partial charge in [-0.25, -0.2) is 0 Å². The van der Waals surface area contributed by atoms with Crippen LogP contribution in [0.1, 0.15) is 44.4 Å². The number of hydrogen-bond donors (Lipinski definition) is 2. The summed E-state index contributed by atoms with van der Waals surface area (Å²) in [5, 5.41) is 12.3. The molecule has 1 unspecified atom stereocenters. The summed E-state index contributed by atoms with van der Waals surface area (Å²) in [5.41, 5.74) is 2.72. The van der Waals surface area contributed by atoms with Gasteiger partial charge in [0.1, 0.15) is 0 Å². The Morgan fingerprint density at radius 3 is 2.29 bits per heavy atom. The molecule has 0 fully saturated rings. The Morgan fingerprint density at radius 2 is 1.82 bits per heavy atom. The molecule has 0 radical (unpaired) electrons. The average molecular weight is 235 g/mol. The van der Waals surface area contributed by atoms with Crippen LogP contribution in [0.3, 0.4) is 0 Å². The number of nitrogens with one attached hydrogen (secondary N) is 1. The van der Waals surface area contributed by atoms with Crippen molar-refractivity contribution in [2.45, 2.75) is 39.7 Å². The first-order valence-corrected chi connectivity index (χ1v) is 6.62. The molecular weight excluding hydrogens is 210 g/mol. The van der Waals surface area contributed by atoms with E-state index < -0.39 is 0 Å². The molecule has 0 aliphatic carbocycles. The second-order valence-corrected chi connectivity index (χ2v) is 4.85. The van der Waals surface area contributed by atoms with E-state index in [4.69, 9.17) is 5.11 Å². The van der Waals surface area contributed by atoms with Gasteiger partial charge < -0.3 is 10.4 Å². The van der Waals surface area contributed by atoms with Crippen molar-refractivity contribution in [3.05, 3.63) is 35.4 Å². The minimum atomic E-state index is 0.257. The molecule has 1 atom stereocenters. The van der Waals surface area contributed by atoms with Gasteiger partial charge in [-0.05, 0) is 36.4 Å². The van der Waals surface area contributed by atoms with Gasteiger partial charge in [0.05, 0.1) is 0 Å². The van der Waals surface area contributed by atoms with E-state index in [0.29, 0.717) is 12.0 Å². The molecule has 96 valence electrons. The fraction of sp³-hybridized carbons (Fsp3) is 0.600. The fourth-order valence-corrected chi connectivity index (χ4v) is 2.04. The molecule has 0 spiro atoms. The fourth-order valence-electron chi connectivity index (χ4n) is 2.04. The molecular formula is C15H25NO. The standard InChI is InChI=1S/C15H25NO/c1-4-13-6-8-14(9-7-13)15(12(2)3)16-10-5-11-17/h6-9,12,15-17H,4-5,10-11H2,1-3H3. The molecule has 2 N–H and O–H groups in total. The van der Waals surface area contributed by atoms with Crippen LogP contribution >= 0.6 is 0 Å². The summed E-state index contributed by atoms with van der Waals surface area (Å²) >= 11 is 0. The summed E-state index contributed by atoms with van der Waals surface area (Å²) in [7, 11) is 0. The quantitative estimate of drug-likeness (QED) is 0.712. The van der Waals surface area contributed by atoms with Crippen LogP contribution in [-0.4, -0.2) is 18.3 Å². The van der Waals surface area contributed by atoms with Crippen LogP contribution in [0.25, 0.3) is 0 Å². The first-order valence-electron chi connectivity index (χ1n) is 6.62. The van der Waals surface area contributed by atoms with Gasteiger partial charge in [0.15, 0.2) is 0 Å². The lowest BCUT2D eigenvalue weighted by atomic mass is 9.95. The van der Waals surface area contributed by atoms with Crippen molar-refractivity contribution in [1.29, 1.82) is 0 Å². The summed E-state index contributed by atoms with van der Waals surface area (Å²) in [6.45, 7) is 7.75. The van der Waals surface area contributed by atoms with E-state index in [9.17, 15) is 0 Å². The van der Waals surface area contributed by atoms with Crippen LogP contribution in [-0.2, 0) is 6.42 Å². The van der Waals surface area contributed by atoms with Crippen molar-refractivity contribution in [3.63, 3.8) is 0 Å². The van der Waals surface area contributed by atoms with Crippen molar-refractivity contribution in [3.8, 4) is 0 Å². The molecule has 0 aliphatic rings. The lowest BCUT2D eigenvalue weighted by Gasteiger charge is -2.23. The molecule has 0 saturated heterocycles. The van der Waals surface area contributed by atoms with Crippen LogP contribution < -0.4 is 5.32 Å². The smallest absolute Gasteiger partial charge is 0.0443 e. The Labute approximate surface area is 105 Å². The summed E-state index contributed by atoms with van der Waals surface area (Å²) in [5.74, 6) is 0.557. The normalized spacial score (nSPS) is 13.0. The third-order valence-electron chi connectivity index (χ3n) is 3.11. The van der Waals surface area contributed by atoms with Gasteiger partial charge >= 0.3 is 0 Å². The average Bonchev–Trinajstić information content (AvgIpc) is 2.34. The summed E-state index contributed by atoms with van der Waals surface area (Å²) < 4.78 is 0. The maximum Gasteiger partial charge on any atom is 0.0443 e. The lowest BCUT2D eigenvalue weighted by Crippen LogP contribution is -2.27. The molecule has 0 amide bonds. The topological polar surface area (TPSA) is 32.3 Å². The Morgan fingerprint density at radius 1 is 1.18 bits per heavy atom. The summed E-state index contributed by atoms with van der Waals surface area (Å²) in [6, 6.07) is 9.23. The van der Waals surface area contributed by atoms with Crippen LogP contribution in [0, 0.1) is 5.92 Å². The molecule has 17 heavy (non-hydrogen) atoms. The van der Waals surface area contributed by atoms with Gasteiger partial charge in [-0.3, -0.25) is 0 Å². The van der Waals surface area contributed by atoms with E-state index >= 15 is 0 Å². The number of aliphatic hydroxyl groups is 1. The zero-order valence-electron chi connectivity index (χ0n) is 11.2. The molecule has 0 aliphatic heterocycles.